The zero-order valence-electron chi connectivity index (χ0n) is 12.1. The first-order chi connectivity index (χ1) is 9.00. The molecular weight excluding hydrogens is 252 g/mol. The number of nitrogens with zero attached hydrogens (tertiary/aromatic N) is 1. The molecule has 0 aliphatic rings. The predicted molar refractivity (Wildman–Crippen MR) is 83.4 cm³/mol. The maximum atomic E-state index is 6.25. The molecule has 2 rings (SSSR count). The van der Waals surface area contributed by atoms with Crippen LogP contribution in [0.2, 0.25) is 0 Å². The summed E-state index contributed by atoms with van der Waals surface area (Å²) in [6, 6.07) is 10.4. The maximum absolute atomic E-state index is 6.25. The van der Waals surface area contributed by atoms with Gasteiger partial charge in [0, 0.05) is 10.4 Å². The van der Waals surface area contributed by atoms with E-state index in [4.69, 9.17) is 10.7 Å². The molecule has 2 aromatic rings. The molecule has 102 valence electrons. The van der Waals surface area contributed by atoms with Crippen molar-refractivity contribution in [2.75, 3.05) is 0 Å². The Bertz CT molecular complexity index is 529. The minimum atomic E-state index is 0.0277. The van der Waals surface area contributed by atoms with Crippen molar-refractivity contribution in [3.63, 3.8) is 0 Å². The largest absolute Gasteiger partial charge is 0.322 e. The van der Waals surface area contributed by atoms with Crippen molar-refractivity contribution in [2.24, 2.45) is 11.7 Å². The minimum absolute atomic E-state index is 0.0277. The summed E-state index contributed by atoms with van der Waals surface area (Å²) in [6.45, 7) is 8.71. The quantitative estimate of drug-likeness (QED) is 0.885. The fourth-order valence-corrected chi connectivity index (χ4v) is 3.24. The van der Waals surface area contributed by atoms with Crippen molar-refractivity contribution in [1.82, 2.24) is 4.98 Å². The van der Waals surface area contributed by atoms with Crippen molar-refractivity contribution in [3.05, 3.63) is 40.2 Å². The average molecular weight is 274 g/mol. The number of nitrogens with two attached hydrogens (primary N) is 1. The standard InChI is InChI=1S/C16H22N2S/c1-10(2)13(17)16-18-14(15(19-16)11(3)4)12-8-6-5-7-9-12/h5-11,13H,17H2,1-4H3. The molecule has 1 aromatic carbocycles. The second-order valence-corrected chi connectivity index (χ2v) is 6.62. The molecule has 2 nitrogen and oxygen atoms in total. The van der Waals surface area contributed by atoms with Crippen molar-refractivity contribution < 1.29 is 0 Å². The molecule has 1 atom stereocenters. The summed E-state index contributed by atoms with van der Waals surface area (Å²) in [6.07, 6.45) is 0. The third kappa shape index (κ3) is 3.04. The van der Waals surface area contributed by atoms with Crippen molar-refractivity contribution in [1.29, 1.82) is 0 Å². The highest BCUT2D eigenvalue weighted by molar-refractivity contribution is 7.12. The molecule has 0 aliphatic carbocycles. The van der Waals surface area contributed by atoms with Crippen LogP contribution in [0.3, 0.4) is 0 Å². The smallest absolute Gasteiger partial charge is 0.111 e. The molecule has 19 heavy (non-hydrogen) atoms. The first-order valence-electron chi connectivity index (χ1n) is 6.82. The van der Waals surface area contributed by atoms with Crippen LogP contribution in [-0.2, 0) is 0 Å². The summed E-state index contributed by atoms with van der Waals surface area (Å²) in [5.41, 5.74) is 8.53. The molecule has 0 bridgehead atoms. The Kier molecular flexibility index (Phi) is 4.38. The minimum Gasteiger partial charge on any atom is -0.322 e. The van der Waals surface area contributed by atoms with Crippen LogP contribution in [0.5, 0.6) is 0 Å². The zero-order valence-corrected chi connectivity index (χ0v) is 12.9. The third-order valence-corrected chi connectivity index (χ3v) is 4.70. The predicted octanol–water partition coefficient (Wildman–Crippen LogP) is 4.59. The third-order valence-electron chi connectivity index (χ3n) is 3.24. The molecule has 1 aromatic heterocycles. The molecule has 1 unspecified atom stereocenters. The lowest BCUT2D eigenvalue weighted by Gasteiger charge is -2.11. The summed E-state index contributed by atoms with van der Waals surface area (Å²) in [7, 11) is 0. The fraction of sp³-hybridized carbons (Fsp3) is 0.438. The molecular formula is C16H22N2S. The molecule has 1 heterocycles. The van der Waals surface area contributed by atoms with Crippen LogP contribution < -0.4 is 5.73 Å². The Morgan fingerprint density at radius 1 is 1.05 bits per heavy atom. The van der Waals surface area contributed by atoms with Crippen molar-refractivity contribution >= 4 is 11.3 Å². The maximum Gasteiger partial charge on any atom is 0.111 e. The molecule has 2 N–H and O–H groups in total. The van der Waals surface area contributed by atoms with E-state index in [9.17, 15) is 0 Å². The number of hydrogen-bond acceptors (Lipinski definition) is 3. The van der Waals surface area contributed by atoms with Gasteiger partial charge >= 0.3 is 0 Å². The first kappa shape index (κ1) is 14.2. The normalized spacial score (nSPS) is 13.2. The topological polar surface area (TPSA) is 38.9 Å². The average Bonchev–Trinajstić information content (AvgIpc) is 2.83. The second kappa shape index (κ2) is 5.85. The number of hydrogen-bond donors (Lipinski definition) is 1. The summed E-state index contributed by atoms with van der Waals surface area (Å²) in [4.78, 5) is 6.15. The van der Waals surface area contributed by atoms with Crippen molar-refractivity contribution in [3.8, 4) is 11.3 Å². The van der Waals surface area contributed by atoms with E-state index < -0.39 is 0 Å². The Labute approximate surface area is 119 Å². The highest BCUT2D eigenvalue weighted by Crippen LogP contribution is 2.36. The molecule has 0 aliphatic heterocycles. The molecule has 0 radical (unpaired) electrons. The lowest BCUT2D eigenvalue weighted by molar-refractivity contribution is 0.512. The van der Waals surface area contributed by atoms with Gasteiger partial charge in [0.15, 0.2) is 0 Å². The lowest BCUT2D eigenvalue weighted by Crippen LogP contribution is -2.16. The van der Waals surface area contributed by atoms with Gasteiger partial charge in [-0.25, -0.2) is 4.98 Å². The van der Waals surface area contributed by atoms with Crippen LogP contribution in [0.1, 0.15) is 49.5 Å². The van der Waals surface area contributed by atoms with Gasteiger partial charge in [-0.05, 0) is 11.8 Å². The van der Waals surface area contributed by atoms with Crippen LogP contribution in [-0.4, -0.2) is 4.98 Å². The van der Waals surface area contributed by atoms with E-state index in [0.717, 1.165) is 10.7 Å². The Balaban J connectivity index is 2.48. The summed E-state index contributed by atoms with van der Waals surface area (Å²) in [5, 5.41) is 1.05. The second-order valence-electron chi connectivity index (χ2n) is 5.56. The van der Waals surface area contributed by atoms with E-state index >= 15 is 0 Å². The van der Waals surface area contributed by atoms with Gasteiger partial charge in [-0.15, -0.1) is 11.3 Å². The number of thiazole rings is 1. The van der Waals surface area contributed by atoms with Crippen LogP contribution in [0, 0.1) is 5.92 Å². The highest BCUT2D eigenvalue weighted by atomic mass is 32.1. The summed E-state index contributed by atoms with van der Waals surface area (Å²) < 4.78 is 0. The Hall–Kier alpha value is -1.19. The van der Waals surface area contributed by atoms with E-state index in [1.165, 1.54) is 10.4 Å². The SMILES string of the molecule is CC(C)c1sc(C(N)C(C)C)nc1-c1ccccc1. The van der Waals surface area contributed by atoms with E-state index in [2.05, 4.69) is 52.0 Å². The highest BCUT2D eigenvalue weighted by Gasteiger charge is 2.20. The van der Waals surface area contributed by atoms with E-state index in [-0.39, 0.29) is 6.04 Å². The Morgan fingerprint density at radius 2 is 1.68 bits per heavy atom. The first-order valence-corrected chi connectivity index (χ1v) is 7.64. The van der Waals surface area contributed by atoms with Crippen molar-refractivity contribution in [2.45, 2.75) is 39.7 Å². The van der Waals surface area contributed by atoms with Crippen LogP contribution in [0.25, 0.3) is 11.3 Å². The van der Waals surface area contributed by atoms with Crippen LogP contribution in [0.4, 0.5) is 0 Å². The lowest BCUT2D eigenvalue weighted by atomic mass is 10.0. The molecule has 0 fully saturated rings. The fourth-order valence-electron chi connectivity index (χ4n) is 1.97. The van der Waals surface area contributed by atoms with Gasteiger partial charge in [-0.3, -0.25) is 0 Å². The number of benzene rings is 1. The molecule has 3 heteroatoms. The number of aromatic nitrogens is 1. The van der Waals surface area contributed by atoms with Gasteiger partial charge in [0.1, 0.15) is 5.01 Å². The van der Waals surface area contributed by atoms with Gasteiger partial charge in [0.2, 0.25) is 0 Å². The molecule has 0 saturated heterocycles. The van der Waals surface area contributed by atoms with Gasteiger partial charge in [0.25, 0.3) is 0 Å². The van der Waals surface area contributed by atoms with Gasteiger partial charge in [0.05, 0.1) is 11.7 Å². The van der Waals surface area contributed by atoms with E-state index in [0.29, 0.717) is 11.8 Å². The zero-order chi connectivity index (χ0) is 14.0. The Morgan fingerprint density at radius 3 is 2.21 bits per heavy atom. The van der Waals surface area contributed by atoms with E-state index in [1.807, 2.05) is 6.07 Å². The summed E-state index contributed by atoms with van der Waals surface area (Å²) in [5.74, 6) is 0.885. The summed E-state index contributed by atoms with van der Waals surface area (Å²) >= 11 is 1.76. The molecule has 0 amide bonds. The molecule has 0 spiro atoms. The molecule has 0 saturated carbocycles. The van der Waals surface area contributed by atoms with E-state index in [1.54, 1.807) is 11.3 Å². The van der Waals surface area contributed by atoms with Crippen LogP contribution in [0.15, 0.2) is 30.3 Å². The van der Waals surface area contributed by atoms with Gasteiger partial charge in [-0.1, -0.05) is 58.0 Å². The van der Waals surface area contributed by atoms with Gasteiger partial charge in [-0.2, -0.15) is 0 Å². The monoisotopic (exact) mass is 274 g/mol. The van der Waals surface area contributed by atoms with Crippen LogP contribution >= 0.6 is 11.3 Å². The number of rotatable bonds is 4. The van der Waals surface area contributed by atoms with Gasteiger partial charge < -0.3 is 5.73 Å².